The van der Waals surface area contributed by atoms with Crippen LogP contribution in [0.5, 0.6) is 0 Å². The first kappa shape index (κ1) is 27.2. The van der Waals surface area contributed by atoms with E-state index in [2.05, 4.69) is 27.4 Å². The number of para-hydroxylation sites is 2. The summed E-state index contributed by atoms with van der Waals surface area (Å²) in [6, 6.07) is 8.46. The van der Waals surface area contributed by atoms with Crippen LogP contribution in [0.1, 0.15) is 44.3 Å². The van der Waals surface area contributed by atoms with Crippen molar-refractivity contribution < 1.29 is 14.6 Å². The van der Waals surface area contributed by atoms with Crippen LogP contribution in [0.2, 0.25) is 0 Å². The number of rotatable bonds is 6. The highest BCUT2D eigenvalue weighted by molar-refractivity contribution is 5.86. The van der Waals surface area contributed by atoms with E-state index >= 15 is 0 Å². The number of carbonyl (C=O) groups excluding carboxylic acids is 1. The van der Waals surface area contributed by atoms with Gasteiger partial charge in [0.05, 0.1) is 43.4 Å². The van der Waals surface area contributed by atoms with Gasteiger partial charge >= 0.3 is 0 Å². The number of carbonyl (C=O) groups is 1. The molecule has 12 heteroatoms. The first-order valence-corrected chi connectivity index (χ1v) is 15.2. The van der Waals surface area contributed by atoms with Crippen LogP contribution in [0.4, 0.5) is 5.82 Å². The van der Waals surface area contributed by atoms with Crippen LogP contribution in [0.15, 0.2) is 24.3 Å². The number of nitrogens with zero attached hydrogens (tertiary/aromatic N) is 9. The van der Waals surface area contributed by atoms with Gasteiger partial charge in [-0.1, -0.05) is 19.1 Å². The second kappa shape index (κ2) is 11.2. The van der Waals surface area contributed by atoms with Crippen LogP contribution in [-0.4, -0.2) is 108 Å². The minimum absolute atomic E-state index is 0.122. The van der Waals surface area contributed by atoms with Gasteiger partial charge in [-0.25, -0.2) is 9.97 Å². The maximum absolute atomic E-state index is 13.3. The third-order valence-electron chi connectivity index (χ3n) is 9.10. The Morgan fingerprint density at radius 2 is 1.74 bits per heavy atom. The largest absolute Gasteiger partial charge is 0.393 e. The molecule has 0 unspecified atom stereocenters. The Balaban J connectivity index is 1.23. The summed E-state index contributed by atoms with van der Waals surface area (Å²) in [5, 5.41) is 9.89. The number of aliphatic hydroxyl groups excluding tert-OH is 1. The van der Waals surface area contributed by atoms with Crippen molar-refractivity contribution >= 4 is 33.9 Å². The minimum Gasteiger partial charge on any atom is -0.393 e. The number of piperazine rings is 1. The molecular formula is C30H39N9O3. The lowest BCUT2D eigenvalue weighted by atomic mass is 9.91. The highest BCUT2D eigenvalue weighted by Gasteiger charge is 2.32. The summed E-state index contributed by atoms with van der Waals surface area (Å²) in [6.07, 6.45) is 4.11. The van der Waals surface area contributed by atoms with E-state index in [0.29, 0.717) is 44.8 Å². The molecule has 3 aromatic heterocycles. The van der Waals surface area contributed by atoms with Gasteiger partial charge in [0.1, 0.15) is 11.6 Å². The highest BCUT2D eigenvalue weighted by Crippen LogP contribution is 2.29. The van der Waals surface area contributed by atoms with Crippen molar-refractivity contribution in [1.82, 2.24) is 38.9 Å². The van der Waals surface area contributed by atoms with Crippen LogP contribution in [0.3, 0.4) is 0 Å². The molecule has 5 heterocycles. The van der Waals surface area contributed by atoms with E-state index in [1.807, 2.05) is 34.7 Å². The second-order valence-electron chi connectivity index (χ2n) is 11.7. The van der Waals surface area contributed by atoms with Crippen LogP contribution in [-0.2, 0) is 29.5 Å². The van der Waals surface area contributed by atoms with Gasteiger partial charge in [-0.2, -0.15) is 9.97 Å². The van der Waals surface area contributed by atoms with Crippen LogP contribution in [0, 0.1) is 0 Å². The fourth-order valence-corrected chi connectivity index (χ4v) is 6.65. The van der Waals surface area contributed by atoms with Gasteiger partial charge in [0, 0.05) is 45.7 Å². The molecule has 12 nitrogen and oxygen atoms in total. The number of morpholine rings is 1. The summed E-state index contributed by atoms with van der Waals surface area (Å²) in [4.78, 5) is 39.8. The van der Waals surface area contributed by atoms with Crippen molar-refractivity contribution in [3.8, 4) is 5.95 Å². The van der Waals surface area contributed by atoms with Gasteiger partial charge in [0.25, 0.3) is 0 Å². The summed E-state index contributed by atoms with van der Waals surface area (Å²) >= 11 is 0. The molecule has 222 valence electrons. The van der Waals surface area contributed by atoms with Gasteiger partial charge in [0.2, 0.25) is 11.9 Å². The van der Waals surface area contributed by atoms with Crippen molar-refractivity contribution in [2.75, 3.05) is 50.8 Å². The van der Waals surface area contributed by atoms with Gasteiger partial charge in [-0.3, -0.25) is 14.3 Å². The molecule has 0 radical (unpaired) electrons. The molecule has 2 saturated heterocycles. The number of amides is 1. The number of aliphatic hydroxyl groups is 1. The lowest BCUT2D eigenvalue weighted by molar-refractivity contribution is -0.138. The van der Waals surface area contributed by atoms with E-state index in [9.17, 15) is 9.90 Å². The molecule has 2 aliphatic heterocycles. The van der Waals surface area contributed by atoms with E-state index in [1.54, 1.807) is 0 Å². The maximum Gasteiger partial charge on any atom is 0.239 e. The molecule has 0 atom stereocenters. The van der Waals surface area contributed by atoms with Crippen molar-refractivity contribution in [3.63, 3.8) is 0 Å². The zero-order valence-electron chi connectivity index (χ0n) is 24.4. The summed E-state index contributed by atoms with van der Waals surface area (Å²) in [7, 11) is 1.98. The number of ether oxygens (including phenoxy) is 1. The number of aryl methyl sites for hydroxylation is 2. The average Bonchev–Trinajstić information content (AvgIpc) is 3.55. The summed E-state index contributed by atoms with van der Waals surface area (Å²) in [5.41, 5.74) is 3.37. The van der Waals surface area contributed by atoms with Gasteiger partial charge < -0.3 is 24.2 Å². The van der Waals surface area contributed by atoms with E-state index in [0.717, 1.165) is 91.4 Å². The number of hydrogen-bond acceptors (Lipinski definition) is 9. The monoisotopic (exact) mass is 573 g/mol. The Kier molecular flexibility index (Phi) is 7.28. The van der Waals surface area contributed by atoms with E-state index in [1.165, 1.54) is 0 Å². The molecule has 1 saturated carbocycles. The molecule has 3 aliphatic rings. The number of aromatic nitrogens is 6. The molecule has 1 N–H and O–H groups in total. The smallest absolute Gasteiger partial charge is 0.239 e. The number of imidazole rings is 2. The number of fused-ring (bicyclic) bond motifs is 2. The summed E-state index contributed by atoms with van der Waals surface area (Å²) in [6.45, 7) is 7.15. The van der Waals surface area contributed by atoms with E-state index < -0.39 is 0 Å². The molecule has 42 heavy (non-hydrogen) atoms. The van der Waals surface area contributed by atoms with E-state index in [-0.39, 0.29) is 12.0 Å². The molecule has 0 spiro atoms. The second-order valence-corrected chi connectivity index (χ2v) is 11.7. The molecule has 1 amide bonds. The molecule has 4 aromatic rings. The number of hydrogen-bond donors (Lipinski definition) is 1. The standard InChI is InChI=1S/C30H39N9O3/c1-3-24-31-22-6-4-5-7-23(22)39(24)30-33-28-27(29(34-30)36-14-16-42-17-15-36)32-25(35(28)2)18-38-13-12-37(19-26(38)41)20-8-10-21(40)11-9-20/h4-7,20-21,40H,3,8-19H2,1-2H3. The topological polar surface area (TPSA) is 118 Å². The van der Waals surface area contributed by atoms with Crippen molar-refractivity contribution in [3.05, 3.63) is 35.9 Å². The lowest BCUT2D eigenvalue weighted by Crippen LogP contribution is -2.54. The fourth-order valence-electron chi connectivity index (χ4n) is 6.65. The van der Waals surface area contributed by atoms with Gasteiger partial charge in [0.15, 0.2) is 17.0 Å². The summed E-state index contributed by atoms with van der Waals surface area (Å²) < 4.78 is 9.71. The van der Waals surface area contributed by atoms with Crippen LogP contribution < -0.4 is 4.90 Å². The molecule has 3 fully saturated rings. The summed E-state index contributed by atoms with van der Waals surface area (Å²) in [5.74, 6) is 3.18. The minimum atomic E-state index is -0.192. The SMILES string of the molecule is CCc1nc2ccccc2n1-c1nc(N2CCOCC2)c2nc(CN3CCN(C4CCC(O)CC4)CC3=O)n(C)c2n1. The van der Waals surface area contributed by atoms with Crippen molar-refractivity contribution in [2.45, 2.75) is 57.7 Å². The highest BCUT2D eigenvalue weighted by atomic mass is 16.5. The fraction of sp³-hybridized carbons (Fsp3) is 0.567. The Labute approximate surface area is 244 Å². The number of anilines is 1. The first-order chi connectivity index (χ1) is 20.5. The Hall–Kier alpha value is -3.61. The molecule has 1 aromatic carbocycles. The third-order valence-corrected chi connectivity index (χ3v) is 9.10. The quantitative estimate of drug-likeness (QED) is 0.370. The predicted octanol–water partition coefficient (Wildman–Crippen LogP) is 2.05. The Morgan fingerprint density at radius 1 is 0.952 bits per heavy atom. The lowest BCUT2D eigenvalue weighted by Gasteiger charge is -2.40. The normalized spacial score (nSPS) is 22.5. The van der Waals surface area contributed by atoms with Gasteiger partial charge in [-0.15, -0.1) is 0 Å². The van der Waals surface area contributed by atoms with Crippen LogP contribution in [0.25, 0.3) is 28.1 Å². The first-order valence-electron chi connectivity index (χ1n) is 15.2. The maximum atomic E-state index is 13.3. The van der Waals surface area contributed by atoms with Crippen molar-refractivity contribution in [1.29, 1.82) is 0 Å². The number of benzene rings is 1. The average molecular weight is 574 g/mol. The molecule has 7 rings (SSSR count). The molecule has 1 aliphatic carbocycles. The Bertz CT molecular complexity index is 1600. The zero-order chi connectivity index (χ0) is 28.8. The molecular weight excluding hydrogens is 534 g/mol. The van der Waals surface area contributed by atoms with Crippen molar-refractivity contribution in [2.24, 2.45) is 7.05 Å². The zero-order valence-corrected chi connectivity index (χ0v) is 24.4. The Morgan fingerprint density at radius 3 is 2.50 bits per heavy atom. The predicted molar refractivity (Wildman–Crippen MR) is 159 cm³/mol. The van der Waals surface area contributed by atoms with Gasteiger partial charge in [-0.05, 0) is 37.8 Å². The van der Waals surface area contributed by atoms with Crippen LogP contribution >= 0.6 is 0 Å². The van der Waals surface area contributed by atoms with E-state index in [4.69, 9.17) is 24.7 Å². The molecule has 0 bridgehead atoms. The third kappa shape index (κ3) is 4.91.